The van der Waals surface area contributed by atoms with Gasteiger partial charge >= 0.3 is 12.6 Å². The quantitative estimate of drug-likeness (QED) is 0.510. The molecule has 2 heterocycles. The van der Waals surface area contributed by atoms with Crippen molar-refractivity contribution in [3.05, 3.63) is 60.3 Å². The van der Waals surface area contributed by atoms with E-state index >= 15 is 0 Å². The second-order valence-electron chi connectivity index (χ2n) is 7.04. The number of halogens is 5. The number of aromatic nitrogens is 3. The molecule has 0 bridgehead atoms. The number of nitrogens with zero attached hydrogens (tertiary/aromatic N) is 3. The van der Waals surface area contributed by atoms with Gasteiger partial charge < -0.3 is 19.4 Å². The molecule has 0 saturated heterocycles. The van der Waals surface area contributed by atoms with Crippen LogP contribution in [-0.2, 0) is 6.61 Å². The molecule has 4 rings (SSSR count). The molecule has 1 fully saturated rings. The Hall–Kier alpha value is -3.37. The van der Waals surface area contributed by atoms with Crippen LogP contribution in [0.15, 0.2) is 48.9 Å². The van der Waals surface area contributed by atoms with Crippen LogP contribution >= 0.6 is 0 Å². The highest BCUT2D eigenvalue weighted by molar-refractivity contribution is 5.41. The van der Waals surface area contributed by atoms with Gasteiger partial charge in [-0.05, 0) is 24.3 Å². The highest BCUT2D eigenvalue weighted by Gasteiger charge is 2.45. The third kappa shape index (κ3) is 5.22. The normalized spacial score (nSPS) is 15.5. The first-order valence-electron chi connectivity index (χ1n) is 9.29. The third-order valence-electron chi connectivity index (χ3n) is 4.63. The first-order valence-corrected chi connectivity index (χ1v) is 9.29. The van der Waals surface area contributed by atoms with Gasteiger partial charge in [-0.2, -0.15) is 13.8 Å². The fourth-order valence-corrected chi connectivity index (χ4v) is 3.14. The minimum Gasteiger partial charge on any atom is -0.458 e. The lowest BCUT2D eigenvalue weighted by atomic mass is 9.88. The molecule has 1 saturated carbocycles. The Bertz CT molecular complexity index is 1050. The lowest BCUT2D eigenvalue weighted by Gasteiger charge is -2.35. The van der Waals surface area contributed by atoms with E-state index in [1.54, 1.807) is 29.1 Å². The van der Waals surface area contributed by atoms with Gasteiger partial charge in [0.15, 0.2) is 11.6 Å². The molecule has 31 heavy (non-hydrogen) atoms. The van der Waals surface area contributed by atoms with Crippen LogP contribution in [0, 0.1) is 5.82 Å². The van der Waals surface area contributed by atoms with Crippen LogP contribution in [0.3, 0.4) is 0 Å². The molecular weight excluding hydrogens is 423 g/mol. The van der Waals surface area contributed by atoms with E-state index in [1.807, 2.05) is 0 Å². The first kappa shape index (κ1) is 20.9. The van der Waals surface area contributed by atoms with Crippen molar-refractivity contribution >= 4 is 5.82 Å². The molecule has 2 aromatic heterocycles. The number of anilines is 1. The molecule has 0 unspecified atom stereocenters. The number of hydrogen-bond donors (Lipinski definition) is 1. The van der Waals surface area contributed by atoms with Crippen molar-refractivity contribution in [3.63, 3.8) is 0 Å². The van der Waals surface area contributed by atoms with Crippen molar-refractivity contribution in [2.45, 2.75) is 38.0 Å². The number of alkyl halides is 4. The summed E-state index contributed by atoms with van der Waals surface area (Å²) >= 11 is 0. The van der Waals surface area contributed by atoms with Crippen molar-refractivity contribution < 1.29 is 31.4 Å². The molecule has 1 aliphatic rings. The van der Waals surface area contributed by atoms with Crippen molar-refractivity contribution in [2.24, 2.45) is 0 Å². The maximum absolute atomic E-state index is 13.6. The Morgan fingerprint density at radius 3 is 2.74 bits per heavy atom. The molecule has 0 amide bonds. The number of rotatable bonds is 8. The zero-order valence-corrected chi connectivity index (χ0v) is 15.9. The van der Waals surface area contributed by atoms with Crippen molar-refractivity contribution in [1.29, 1.82) is 0 Å². The van der Waals surface area contributed by atoms with Gasteiger partial charge in [0, 0.05) is 54.8 Å². The predicted octanol–water partition coefficient (Wildman–Crippen LogP) is 4.80. The Balaban J connectivity index is 1.37. The maximum atomic E-state index is 13.6. The maximum Gasteiger partial charge on any atom is 0.387 e. The van der Waals surface area contributed by atoms with Gasteiger partial charge in [0.05, 0.1) is 0 Å². The van der Waals surface area contributed by atoms with Gasteiger partial charge in [0.25, 0.3) is 5.92 Å². The molecule has 1 aromatic carbocycles. The molecule has 164 valence electrons. The van der Waals surface area contributed by atoms with E-state index in [4.69, 9.17) is 4.74 Å². The predicted molar refractivity (Wildman–Crippen MR) is 100 cm³/mol. The molecule has 0 aliphatic heterocycles. The Morgan fingerprint density at radius 2 is 2.00 bits per heavy atom. The number of ether oxygens (including phenoxy) is 2. The summed E-state index contributed by atoms with van der Waals surface area (Å²) in [5.74, 6) is -3.69. The molecule has 1 aliphatic carbocycles. The minimum atomic E-state index is -3.13. The SMILES string of the molecule is Fc1ccc(-n2ccc(COc3nccc(NC4CC(F)(F)C4)n3)c2)cc1OC(F)F. The van der Waals surface area contributed by atoms with Gasteiger partial charge in [-0.1, -0.05) is 0 Å². The van der Waals surface area contributed by atoms with Gasteiger partial charge in [-0.25, -0.2) is 18.2 Å². The van der Waals surface area contributed by atoms with E-state index in [0.29, 0.717) is 17.1 Å². The van der Waals surface area contributed by atoms with Gasteiger partial charge in [0.2, 0.25) is 0 Å². The summed E-state index contributed by atoms with van der Waals surface area (Å²) in [7, 11) is 0. The van der Waals surface area contributed by atoms with Gasteiger partial charge in [-0.15, -0.1) is 0 Å². The number of nitrogens with one attached hydrogen (secondary N) is 1. The average molecular weight is 440 g/mol. The molecule has 0 atom stereocenters. The fourth-order valence-electron chi connectivity index (χ4n) is 3.14. The van der Waals surface area contributed by atoms with Gasteiger partial charge in [0.1, 0.15) is 12.4 Å². The summed E-state index contributed by atoms with van der Waals surface area (Å²) in [6, 6.07) is 6.62. The van der Waals surface area contributed by atoms with E-state index in [1.165, 1.54) is 12.3 Å². The Kier molecular flexibility index (Phi) is 5.66. The molecule has 1 N–H and O–H groups in total. The van der Waals surface area contributed by atoms with Crippen LogP contribution in [-0.4, -0.2) is 33.1 Å². The topological polar surface area (TPSA) is 61.2 Å². The largest absolute Gasteiger partial charge is 0.458 e. The standard InChI is InChI=1S/C20H17F5N4O2/c21-15-2-1-14(7-16(15)31-18(22)23)29-6-4-12(10-29)11-30-19-26-5-3-17(28-19)27-13-8-20(24,25)9-13/h1-7,10,13,18H,8-9,11H2,(H,26,27,28). The smallest absolute Gasteiger partial charge is 0.387 e. The Labute approximate surface area is 173 Å². The zero-order chi connectivity index (χ0) is 22.0. The summed E-state index contributed by atoms with van der Waals surface area (Å²) in [4.78, 5) is 8.14. The number of benzene rings is 1. The highest BCUT2D eigenvalue weighted by atomic mass is 19.3. The first-order chi connectivity index (χ1) is 14.8. The lowest BCUT2D eigenvalue weighted by Crippen LogP contribution is -2.44. The van der Waals surface area contributed by atoms with Crippen LogP contribution in [0.5, 0.6) is 11.8 Å². The second kappa shape index (κ2) is 8.40. The van der Waals surface area contributed by atoms with Crippen molar-refractivity contribution in [3.8, 4) is 17.4 Å². The van der Waals surface area contributed by atoms with E-state index in [0.717, 1.165) is 12.1 Å². The Morgan fingerprint density at radius 1 is 1.19 bits per heavy atom. The summed E-state index contributed by atoms with van der Waals surface area (Å²) in [6.07, 6.45) is 4.28. The van der Waals surface area contributed by atoms with Crippen LogP contribution in [0.4, 0.5) is 27.8 Å². The van der Waals surface area contributed by atoms with Crippen LogP contribution < -0.4 is 14.8 Å². The zero-order valence-electron chi connectivity index (χ0n) is 15.9. The van der Waals surface area contributed by atoms with Crippen LogP contribution in [0.2, 0.25) is 0 Å². The minimum absolute atomic E-state index is 0.0678. The summed E-state index contributed by atoms with van der Waals surface area (Å²) in [6.45, 7) is -3.04. The molecule has 0 radical (unpaired) electrons. The lowest BCUT2D eigenvalue weighted by molar-refractivity contribution is -0.0794. The molecular formula is C20H17F5N4O2. The molecule has 6 nitrogen and oxygen atoms in total. The van der Waals surface area contributed by atoms with Crippen LogP contribution in [0.25, 0.3) is 5.69 Å². The fraction of sp³-hybridized carbons (Fsp3) is 0.300. The summed E-state index contributed by atoms with van der Waals surface area (Å²) in [5, 5.41) is 2.91. The van der Waals surface area contributed by atoms with E-state index in [9.17, 15) is 22.0 Å². The number of hydrogen-bond acceptors (Lipinski definition) is 5. The molecule has 0 spiro atoms. The van der Waals surface area contributed by atoms with Crippen molar-refractivity contribution in [1.82, 2.24) is 14.5 Å². The monoisotopic (exact) mass is 440 g/mol. The van der Waals surface area contributed by atoms with E-state index < -0.39 is 24.1 Å². The summed E-state index contributed by atoms with van der Waals surface area (Å²) in [5.41, 5.74) is 1.13. The van der Waals surface area contributed by atoms with Crippen molar-refractivity contribution in [2.75, 3.05) is 5.32 Å². The summed E-state index contributed by atoms with van der Waals surface area (Å²) < 4.78 is 75.6. The van der Waals surface area contributed by atoms with E-state index in [-0.39, 0.29) is 31.5 Å². The second-order valence-corrected chi connectivity index (χ2v) is 7.04. The third-order valence-corrected chi connectivity index (χ3v) is 4.63. The van der Waals surface area contributed by atoms with E-state index in [2.05, 4.69) is 20.0 Å². The molecule has 3 aromatic rings. The van der Waals surface area contributed by atoms with Crippen LogP contribution in [0.1, 0.15) is 18.4 Å². The average Bonchev–Trinajstić information content (AvgIpc) is 3.16. The molecule has 11 heteroatoms. The van der Waals surface area contributed by atoms with Gasteiger partial charge in [-0.3, -0.25) is 0 Å². The highest BCUT2D eigenvalue weighted by Crippen LogP contribution is 2.38.